The summed E-state index contributed by atoms with van der Waals surface area (Å²) in [5, 5.41) is 4.89. The van der Waals surface area contributed by atoms with Crippen LogP contribution in [0.5, 0.6) is 0 Å². The van der Waals surface area contributed by atoms with E-state index in [9.17, 15) is 9.18 Å². The number of nitrogens with zero attached hydrogens (tertiary/aromatic N) is 5. The number of thiazole rings is 1. The number of likely N-dealkylation sites (N-methyl/N-ethyl adjacent to an activating group) is 1. The average Bonchev–Trinajstić information content (AvgIpc) is 3.21. The van der Waals surface area contributed by atoms with Gasteiger partial charge in [-0.1, -0.05) is 25.2 Å². The molecular formula is C19H25ClFN5OS. The van der Waals surface area contributed by atoms with Crippen LogP contribution in [0, 0.1) is 12.7 Å². The van der Waals surface area contributed by atoms with Gasteiger partial charge in [0, 0.05) is 25.8 Å². The molecule has 3 rings (SSSR count). The average molecular weight is 426 g/mol. The molecule has 1 amide bonds. The summed E-state index contributed by atoms with van der Waals surface area (Å²) in [7, 11) is 1.81. The highest BCUT2D eigenvalue weighted by Gasteiger charge is 2.24. The Labute approximate surface area is 174 Å². The van der Waals surface area contributed by atoms with Crippen molar-refractivity contribution >= 4 is 45.0 Å². The predicted octanol–water partition coefficient (Wildman–Crippen LogP) is 3.89. The Bertz CT molecular complexity index is 934. The molecule has 28 heavy (non-hydrogen) atoms. The monoisotopic (exact) mass is 425 g/mol. The molecule has 0 bridgehead atoms. The number of aryl methyl sites for hydroxylation is 2. The van der Waals surface area contributed by atoms with Crippen LogP contribution in [-0.2, 0) is 7.05 Å². The van der Waals surface area contributed by atoms with E-state index in [0.29, 0.717) is 22.9 Å². The van der Waals surface area contributed by atoms with E-state index in [-0.39, 0.29) is 24.1 Å². The fourth-order valence-corrected chi connectivity index (χ4v) is 3.89. The molecule has 0 aliphatic heterocycles. The van der Waals surface area contributed by atoms with Crippen molar-refractivity contribution in [3.63, 3.8) is 0 Å². The van der Waals surface area contributed by atoms with Gasteiger partial charge in [-0.05, 0) is 44.3 Å². The molecule has 152 valence electrons. The fraction of sp³-hybridized carbons (Fsp3) is 0.421. The number of carbonyl (C=O) groups excluding carboxylic acids is 1. The Balaban J connectivity index is 0.00000280. The van der Waals surface area contributed by atoms with Gasteiger partial charge < -0.3 is 4.90 Å². The van der Waals surface area contributed by atoms with Crippen LogP contribution in [0.3, 0.4) is 0 Å². The number of fused-ring (bicyclic) bond motifs is 1. The lowest BCUT2D eigenvalue weighted by Gasteiger charge is -2.24. The summed E-state index contributed by atoms with van der Waals surface area (Å²) in [6.45, 7) is 9.15. The highest BCUT2D eigenvalue weighted by molar-refractivity contribution is 7.22. The second-order valence-electron chi connectivity index (χ2n) is 6.39. The quantitative estimate of drug-likeness (QED) is 0.576. The number of benzene rings is 1. The second kappa shape index (κ2) is 9.45. The van der Waals surface area contributed by atoms with E-state index in [1.54, 1.807) is 21.7 Å². The molecule has 0 radical (unpaired) electrons. The molecule has 0 saturated carbocycles. The number of hydrogen-bond donors (Lipinski definition) is 0. The van der Waals surface area contributed by atoms with E-state index in [2.05, 4.69) is 28.8 Å². The first kappa shape index (κ1) is 22.3. The second-order valence-corrected chi connectivity index (χ2v) is 7.40. The number of anilines is 1. The summed E-state index contributed by atoms with van der Waals surface area (Å²) in [5.74, 6) is -0.496. The van der Waals surface area contributed by atoms with Crippen LogP contribution in [-0.4, -0.2) is 51.8 Å². The number of aromatic nitrogens is 3. The molecule has 1 aromatic carbocycles. The molecule has 0 N–H and O–H groups in total. The van der Waals surface area contributed by atoms with Gasteiger partial charge in [0.1, 0.15) is 5.82 Å². The van der Waals surface area contributed by atoms with Gasteiger partial charge >= 0.3 is 0 Å². The smallest absolute Gasteiger partial charge is 0.280 e. The van der Waals surface area contributed by atoms with Crippen molar-refractivity contribution in [2.45, 2.75) is 20.8 Å². The van der Waals surface area contributed by atoms with Crippen LogP contribution < -0.4 is 4.90 Å². The maximum atomic E-state index is 13.5. The Morgan fingerprint density at radius 3 is 2.54 bits per heavy atom. The molecule has 3 aromatic rings. The topological polar surface area (TPSA) is 54.3 Å². The van der Waals surface area contributed by atoms with Gasteiger partial charge in [0.25, 0.3) is 5.91 Å². The van der Waals surface area contributed by atoms with Crippen LogP contribution in [0.2, 0.25) is 0 Å². The standard InChI is InChI=1S/C19H24FN5OS.ClH/c1-5-24(6-2)9-10-25(18(26)16-11-13(3)23(4)22-16)19-21-15-8-7-14(20)12-17(15)27-19;/h7-8,11-12H,5-6,9-10H2,1-4H3;1H. The molecule has 0 fully saturated rings. The van der Waals surface area contributed by atoms with Crippen molar-refractivity contribution in [2.24, 2.45) is 7.05 Å². The third kappa shape index (κ3) is 4.68. The summed E-state index contributed by atoms with van der Waals surface area (Å²) < 4.78 is 16.0. The molecule has 0 saturated heterocycles. The summed E-state index contributed by atoms with van der Waals surface area (Å²) in [6, 6.07) is 6.26. The number of rotatable bonds is 7. The molecule has 0 atom stereocenters. The van der Waals surface area contributed by atoms with E-state index in [1.807, 2.05) is 14.0 Å². The Morgan fingerprint density at radius 1 is 1.21 bits per heavy atom. The van der Waals surface area contributed by atoms with Crippen molar-refractivity contribution in [1.82, 2.24) is 19.7 Å². The fourth-order valence-electron chi connectivity index (χ4n) is 2.87. The predicted molar refractivity (Wildman–Crippen MR) is 114 cm³/mol. The summed E-state index contributed by atoms with van der Waals surface area (Å²) in [4.78, 5) is 21.6. The zero-order valence-corrected chi connectivity index (χ0v) is 18.1. The SMILES string of the molecule is CCN(CC)CCN(C(=O)c1cc(C)n(C)n1)c1nc2ccc(F)cc2s1.Cl. The molecule has 6 nitrogen and oxygen atoms in total. The molecule has 0 aliphatic rings. The number of halogens is 2. The van der Waals surface area contributed by atoms with Crippen molar-refractivity contribution in [1.29, 1.82) is 0 Å². The van der Waals surface area contributed by atoms with Crippen LogP contribution >= 0.6 is 23.7 Å². The first-order valence-electron chi connectivity index (χ1n) is 9.03. The Kier molecular flexibility index (Phi) is 7.51. The molecule has 0 aliphatic carbocycles. The lowest BCUT2D eigenvalue weighted by molar-refractivity contribution is 0.0978. The zero-order chi connectivity index (χ0) is 19.6. The van der Waals surface area contributed by atoms with Crippen LogP contribution in [0.25, 0.3) is 10.2 Å². The van der Waals surface area contributed by atoms with Gasteiger partial charge in [0.2, 0.25) is 0 Å². The Hall–Kier alpha value is -2.03. The van der Waals surface area contributed by atoms with E-state index < -0.39 is 0 Å². The number of hydrogen-bond acceptors (Lipinski definition) is 5. The molecule has 0 spiro atoms. The van der Waals surface area contributed by atoms with E-state index in [1.165, 1.54) is 23.5 Å². The lowest BCUT2D eigenvalue weighted by Crippen LogP contribution is -2.39. The largest absolute Gasteiger partial charge is 0.302 e. The summed E-state index contributed by atoms with van der Waals surface area (Å²) in [5.41, 5.74) is 1.99. The highest BCUT2D eigenvalue weighted by atomic mass is 35.5. The van der Waals surface area contributed by atoms with Crippen molar-refractivity contribution < 1.29 is 9.18 Å². The first-order chi connectivity index (χ1) is 12.9. The molecular weight excluding hydrogens is 401 g/mol. The Morgan fingerprint density at radius 2 is 1.93 bits per heavy atom. The minimum atomic E-state index is -0.306. The van der Waals surface area contributed by atoms with Gasteiger partial charge in [-0.15, -0.1) is 12.4 Å². The lowest BCUT2D eigenvalue weighted by atomic mass is 10.3. The third-order valence-electron chi connectivity index (χ3n) is 4.68. The molecule has 2 aromatic heterocycles. The minimum absolute atomic E-state index is 0. The number of amides is 1. The van der Waals surface area contributed by atoms with Crippen molar-refractivity contribution in [2.75, 3.05) is 31.1 Å². The van der Waals surface area contributed by atoms with E-state index in [0.717, 1.165) is 30.0 Å². The van der Waals surface area contributed by atoms with Gasteiger partial charge in [-0.25, -0.2) is 9.37 Å². The highest BCUT2D eigenvalue weighted by Crippen LogP contribution is 2.30. The molecule has 0 unspecified atom stereocenters. The summed E-state index contributed by atoms with van der Waals surface area (Å²) in [6.07, 6.45) is 0. The summed E-state index contributed by atoms with van der Waals surface area (Å²) >= 11 is 1.32. The minimum Gasteiger partial charge on any atom is -0.302 e. The zero-order valence-electron chi connectivity index (χ0n) is 16.5. The van der Waals surface area contributed by atoms with Crippen molar-refractivity contribution in [3.05, 3.63) is 41.5 Å². The van der Waals surface area contributed by atoms with Crippen LogP contribution in [0.15, 0.2) is 24.3 Å². The van der Waals surface area contributed by atoms with Gasteiger partial charge in [-0.3, -0.25) is 14.4 Å². The van der Waals surface area contributed by atoms with Crippen LogP contribution in [0.1, 0.15) is 30.0 Å². The van der Waals surface area contributed by atoms with Gasteiger partial charge in [0.05, 0.1) is 10.2 Å². The maximum Gasteiger partial charge on any atom is 0.280 e. The third-order valence-corrected chi connectivity index (χ3v) is 5.72. The van der Waals surface area contributed by atoms with E-state index in [4.69, 9.17) is 0 Å². The van der Waals surface area contributed by atoms with Crippen LogP contribution in [0.4, 0.5) is 9.52 Å². The van der Waals surface area contributed by atoms with Crippen molar-refractivity contribution in [3.8, 4) is 0 Å². The molecule has 2 heterocycles. The maximum absolute atomic E-state index is 13.5. The molecule has 9 heteroatoms. The van der Waals surface area contributed by atoms with E-state index >= 15 is 0 Å². The normalized spacial score (nSPS) is 11.1. The van der Waals surface area contributed by atoms with Gasteiger partial charge in [-0.2, -0.15) is 5.10 Å². The number of carbonyl (C=O) groups is 1. The van der Waals surface area contributed by atoms with Gasteiger partial charge in [0.15, 0.2) is 10.8 Å². The first-order valence-corrected chi connectivity index (χ1v) is 9.85.